The fourth-order valence-electron chi connectivity index (χ4n) is 1.54. The number of hydrogen-bond donors (Lipinski definition) is 2. The maximum absolute atomic E-state index is 11.9. The van der Waals surface area contributed by atoms with Gasteiger partial charge in [-0.15, -0.1) is 5.10 Å². The van der Waals surface area contributed by atoms with Crippen molar-refractivity contribution in [3.63, 3.8) is 0 Å². The first kappa shape index (κ1) is 13.5. The molecule has 2 aromatic rings. The van der Waals surface area contributed by atoms with Gasteiger partial charge in [-0.3, -0.25) is 25.3 Å². The molecule has 0 radical (unpaired) electrons. The molecule has 2 N–H and O–H groups in total. The number of H-pyrrole nitrogens is 1. The van der Waals surface area contributed by atoms with Gasteiger partial charge in [0.15, 0.2) is 5.75 Å². The molecule has 1 heterocycles. The van der Waals surface area contributed by atoms with Crippen LogP contribution in [0.5, 0.6) is 5.75 Å². The number of ether oxygens (including phenoxy) is 1. The van der Waals surface area contributed by atoms with E-state index in [-0.39, 0.29) is 22.9 Å². The van der Waals surface area contributed by atoms with Crippen LogP contribution < -0.4 is 10.1 Å². The van der Waals surface area contributed by atoms with Crippen LogP contribution in [0.4, 0.5) is 11.6 Å². The van der Waals surface area contributed by atoms with Gasteiger partial charge >= 0.3 is 5.69 Å². The summed E-state index contributed by atoms with van der Waals surface area (Å²) in [4.78, 5) is 26.0. The zero-order valence-electron chi connectivity index (χ0n) is 10.7. The fraction of sp³-hybridized carbons (Fsp3) is 0.182. The van der Waals surface area contributed by atoms with Crippen molar-refractivity contribution in [1.29, 1.82) is 0 Å². The summed E-state index contributed by atoms with van der Waals surface area (Å²) >= 11 is 0. The highest BCUT2D eigenvalue weighted by atomic mass is 16.6. The lowest BCUT2D eigenvalue weighted by molar-refractivity contribution is -0.385. The molecule has 104 valence electrons. The number of aromatic nitrogens is 3. The maximum atomic E-state index is 11.9. The third-order valence-corrected chi connectivity index (χ3v) is 2.46. The summed E-state index contributed by atoms with van der Waals surface area (Å²) in [6.07, 6.45) is 0. The van der Waals surface area contributed by atoms with E-state index in [0.29, 0.717) is 5.82 Å². The number of nitro benzene ring substituents is 1. The van der Waals surface area contributed by atoms with Crippen molar-refractivity contribution in [1.82, 2.24) is 15.2 Å². The van der Waals surface area contributed by atoms with E-state index in [9.17, 15) is 14.9 Å². The predicted octanol–water partition coefficient (Wildman–Crippen LogP) is 1.28. The summed E-state index contributed by atoms with van der Waals surface area (Å²) in [5, 5.41) is 19.6. The zero-order chi connectivity index (χ0) is 14.7. The Morgan fingerprint density at radius 1 is 1.50 bits per heavy atom. The Labute approximate surface area is 113 Å². The first-order chi connectivity index (χ1) is 9.51. The molecule has 0 aliphatic heterocycles. The number of methoxy groups -OCH3 is 1. The average Bonchev–Trinajstić information content (AvgIpc) is 2.83. The van der Waals surface area contributed by atoms with Crippen molar-refractivity contribution in [3.8, 4) is 5.75 Å². The van der Waals surface area contributed by atoms with E-state index in [1.165, 1.54) is 25.3 Å². The molecule has 0 unspecified atom stereocenters. The van der Waals surface area contributed by atoms with Crippen molar-refractivity contribution in [2.24, 2.45) is 0 Å². The van der Waals surface area contributed by atoms with Gasteiger partial charge in [-0.25, -0.2) is 0 Å². The molecule has 9 heteroatoms. The van der Waals surface area contributed by atoms with Gasteiger partial charge in [-0.05, 0) is 13.0 Å². The number of carbonyl (C=O) groups is 1. The normalized spacial score (nSPS) is 10.1. The largest absolute Gasteiger partial charge is 0.490 e. The van der Waals surface area contributed by atoms with Gasteiger partial charge in [0.1, 0.15) is 5.82 Å². The molecule has 0 saturated heterocycles. The zero-order valence-corrected chi connectivity index (χ0v) is 10.7. The van der Waals surface area contributed by atoms with Crippen LogP contribution in [-0.2, 0) is 0 Å². The molecule has 0 bridgehead atoms. The van der Waals surface area contributed by atoms with Gasteiger partial charge in [0.05, 0.1) is 12.0 Å². The second-order valence-corrected chi connectivity index (χ2v) is 3.84. The molecular weight excluding hydrogens is 266 g/mol. The van der Waals surface area contributed by atoms with Crippen LogP contribution in [0.2, 0.25) is 0 Å². The summed E-state index contributed by atoms with van der Waals surface area (Å²) in [5.41, 5.74) is -0.00677. The lowest BCUT2D eigenvalue weighted by Crippen LogP contribution is -2.13. The van der Waals surface area contributed by atoms with Crippen molar-refractivity contribution in [3.05, 3.63) is 39.7 Å². The van der Waals surface area contributed by atoms with E-state index >= 15 is 0 Å². The number of hydrogen-bond acceptors (Lipinski definition) is 6. The van der Waals surface area contributed by atoms with E-state index in [4.69, 9.17) is 4.74 Å². The van der Waals surface area contributed by atoms with Gasteiger partial charge in [0.2, 0.25) is 5.95 Å². The molecule has 1 amide bonds. The van der Waals surface area contributed by atoms with E-state index in [1.54, 1.807) is 6.92 Å². The Morgan fingerprint density at radius 3 is 2.80 bits per heavy atom. The minimum Gasteiger partial charge on any atom is -0.490 e. The number of carbonyl (C=O) groups excluding carboxylic acids is 1. The number of rotatable bonds is 4. The molecule has 2 rings (SSSR count). The van der Waals surface area contributed by atoms with Crippen molar-refractivity contribution >= 4 is 17.5 Å². The van der Waals surface area contributed by atoms with Gasteiger partial charge in [0, 0.05) is 17.7 Å². The molecular formula is C11H11N5O4. The van der Waals surface area contributed by atoms with Crippen molar-refractivity contribution in [2.45, 2.75) is 6.92 Å². The van der Waals surface area contributed by atoms with Gasteiger partial charge in [-0.1, -0.05) is 0 Å². The Kier molecular flexibility index (Phi) is 3.60. The molecule has 0 saturated carbocycles. The standard InChI is InChI=1S/C11H11N5O4/c1-6-12-11(15-14-6)13-10(17)7-3-4-8(16(18)19)9(5-7)20-2/h3-5H,1-2H3,(H2,12,13,14,15,17). The van der Waals surface area contributed by atoms with Crippen molar-refractivity contribution < 1.29 is 14.5 Å². The molecule has 20 heavy (non-hydrogen) atoms. The Bertz CT molecular complexity index is 667. The third-order valence-electron chi connectivity index (χ3n) is 2.46. The summed E-state index contributed by atoms with van der Waals surface area (Å²) in [5.74, 6) is 0.206. The van der Waals surface area contributed by atoms with E-state index in [0.717, 1.165) is 0 Å². The number of amides is 1. The van der Waals surface area contributed by atoms with Crippen LogP contribution in [-0.4, -0.2) is 33.1 Å². The molecule has 1 aromatic carbocycles. The second kappa shape index (κ2) is 5.34. The van der Waals surface area contributed by atoms with Crippen LogP contribution in [0.1, 0.15) is 16.2 Å². The molecule has 0 aliphatic carbocycles. The topological polar surface area (TPSA) is 123 Å². The van der Waals surface area contributed by atoms with Crippen LogP contribution >= 0.6 is 0 Å². The summed E-state index contributed by atoms with van der Waals surface area (Å²) in [6, 6.07) is 3.82. The molecule has 0 aliphatic rings. The van der Waals surface area contributed by atoms with E-state index in [2.05, 4.69) is 20.5 Å². The smallest absolute Gasteiger partial charge is 0.310 e. The van der Waals surface area contributed by atoms with Gasteiger partial charge < -0.3 is 4.74 Å². The first-order valence-corrected chi connectivity index (χ1v) is 5.54. The highest BCUT2D eigenvalue weighted by molar-refractivity contribution is 6.03. The van der Waals surface area contributed by atoms with Crippen LogP contribution in [0.25, 0.3) is 0 Å². The second-order valence-electron chi connectivity index (χ2n) is 3.84. The molecule has 9 nitrogen and oxygen atoms in total. The number of benzene rings is 1. The van der Waals surface area contributed by atoms with Crippen LogP contribution in [0, 0.1) is 17.0 Å². The Balaban J connectivity index is 2.24. The van der Waals surface area contributed by atoms with Crippen LogP contribution in [0.15, 0.2) is 18.2 Å². The monoisotopic (exact) mass is 277 g/mol. The average molecular weight is 277 g/mol. The minimum atomic E-state index is -0.584. The number of nitrogens with one attached hydrogen (secondary N) is 2. The highest BCUT2D eigenvalue weighted by Gasteiger charge is 2.18. The maximum Gasteiger partial charge on any atom is 0.310 e. The lowest BCUT2D eigenvalue weighted by atomic mass is 10.2. The first-order valence-electron chi connectivity index (χ1n) is 5.54. The number of nitrogens with zero attached hydrogens (tertiary/aromatic N) is 3. The number of nitro groups is 1. The number of anilines is 1. The predicted molar refractivity (Wildman–Crippen MR) is 68.7 cm³/mol. The molecule has 1 aromatic heterocycles. The number of aromatic amines is 1. The minimum absolute atomic E-state index is 0.00816. The van der Waals surface area contributed by atoms with Crippen molar-refractivity contribution in [2.75, 3.05) is 12.4 Å². The van der Waals surface area contributed by atoms with Gasteiger partial charge in [-0.2, -0.15) is 4.98 Å². The lowest BCUT2D eigenvalue weighted by Gasteiger charge is -2.04. The summed E-state index contributed by atoms with van der Waals surface area (Å²) < 4.78 is 4.89. The van der Waals surface area contributed by atoms with Gasteiger partial charge in [0.25, 0.3) is 5.91 Å². The fourth-order valence-corrected chi connectivity index (χ4v) is 1.54. The quantitative estimate of drug-likeness (QED) is 0.641. The summed E-state index contributed by atoms with van der Waals surface area (Å²) in [7, 11) is 1.29. The highest BCUT2D eigenvalue weighted by Crippen LogP contribution is 2.27. The third kappa shape index (κ3) is 2.71. The summed E-state index contributed by atoms with van der Waals surface area (Å²) in [6.45, 7) is 1.69. The molecule has 0 fully saturated rings. The Morgan fingerprint density at radius 2 is 2.25 bits per heavy atom. The molecule has 0 atom stereocenters. The van der Waals surface area contributed by atoms with E-state index < -0.39 is 10.8 Å². The van der Waals surface area contributed by atoms with Crippen LogP contribution in [0.3, 0.4) is 0 Å². The SMILES string of the molecule is COc1cc(C(=O)Nc2n[nH]c(C)n2)ccc1[N+](=O)[O-]. The number of aryl methyl sites for hydroxylation is 1. The van der Waals surface area contributed by atoms with E-state index in [1.807, 2.05) is 0 Å². The Hall–Kier alpha value is -2.97. The molecule has 0 spiro atoms.